The number of ether oxygens (including phenoxy) is 3. The summed E-state index contributed by atoms with van der Waals surface area (Å²) in [4.78, 5) is 66.1. The zero-order chi connectivity index (χ0) is 35.5. The Hall–Kier alpha value is -3.19. The number of aliphatic hydroxyl groups excluding tert-OH is 1. The van der Waals surface area contributed by atoms with Crippen molar-refractivity contribution in [2.45, 2.75) is 46.1 Å². The minimum atomic E-state index is -5.51. The number of phosphoric ester groups is 1. The van der Waals surface area contributed by atoms with Crippen LogP contribution in [0.5, 0.6) is 5.75 Å². The minimum Gasteiger partial charge on any atom is -0.508 e. The molecule has 1 aromatic heterocycles. The first-order chi connectivity index (χ1) is 21.6. The Morgan fingerprint density at radius 1 is 1.13 bits per heavy atom. The molecular weight excluding hydrogens is 699 g/mol. The lowest BCUT2D eigenvalue weighted by Gasteiger charge is -2.31. The first-order valence-electron chi connectivity index (χ1n) is 13.1. The number of hydrogen-bond donors (Lipinski definition) is 5. The van der Waals surface area contributed by atoms with Crippen molar-refractivity contribution in [3.05, 3.63) is 78.0 Å². The van der Waals surface area contributed by atoms with Gasteiger partial charge in [0.2, 0.25) is 0 Å². The first-order valence-corrected chi connectivity index (χ1v) is 17.5. The van der Waals surface area contributed by atoms with Crippen LogP contribution >= 0.6 is 23.5 Å². The van der Waals surface area contributed by atoms with Gasteiger partial charge in [0, 0.05) is 19.4 Å². The molecule has 4 atom stereocenters. The summed E-state index contributed by atoms with van der Waals surface area (Å²) in [5, 5.41) is 22.1. The lowest BCUT2D eigenvalue weighted by molar-refractivity contribution is -0.386. The fraction of sp³-hybridized carbons (Fsp3) is 0.478. The van der Waals surface area contributed by atoms with Crippen LogP contribution in [0.1, 0.15) is 50.7 Å². The molecule has 0 bridgehead atoms. The zero-order valence-corrected chi connectivity index (χ0v) is 28.0. The molecule has 0 aliphatic carbocycles. The number of nitrogens with one attached hydrogen (secondary N) is 1. The van der Waals surface area contributed by atoms with Crippen LogP contribution in [0.4, 0.5) is 5.69 Å². The maximum absolute atomic E-state index is 12.7. The Morgan fingerprint density at radius 2 is 1.79 bits per heavy atom. The average Bonchev–Trinajstić information content (AvgIpc) is 3.30. The number of nitro benzene ring substituents is 1. The Balaban J connectivity index is 1.80. The van der Waals surface area contributed by atoms with E-state index in [1.807, 2.05) is 0 Å². The van der Waals surface area contributed by atoms with Gasteiger partial charge in [-0.15, -0.1) is 0 Å². The third-order valence-electron chi connectivity index (χ3n) is 6.22. The third kappa shape index (κ3) is 10.2. The Labute approximate surface area is 265 Å². The average molecular weight is 731 g/mol. The fourth-order valence-electron chi connectivity index (χ4n) is 4.19. The highest BCUT2D eigenvalue weighted by molar-refractivity contribution is 7.67. The van der Waals surface area contributed by atoms with E-state index in [9.17, 15) is 43.4 Å². The summed E-state index contributed by atoms with van der Waals surface area (Å²) in [6.07, 6.45) is -1.64. The number of rotatable bonds is 15. The predicted octanol–water partition coefficient (Wildman–Crippen LogP) is 3.44. The highest BCUT2D eigenvalue weighted by Crippen LogP contribution is 2.68. The second-order valence-electron chi connectivity index (χ2n) is 10.7. The lowest BCUT2D eigenvalue weighted by atomic mass is 9.83. The number of phosphoric acid groups is 3. The van der Waals surface area contributed by atoms with Crippen LogP contribution in [-0.2, 0) is 47.4 Å². The summed E-state index contributed by atoms with van der Waals surface area (Å²) in [6.45, 7) is 3.77. The second-order valence-corrected chi connectivity index (χ2v) is 15.5. The SMILES string of the molecule is COc1ccc([N+](=O)[O-])c([C@@H](OCc2cn(C3CC(O)=C(COP(=O)(O)OP(=O)(OC)OP(=O)(O)O)O3)c(=O)[nH]c2=O)C(C)(C)C)c1. The van der Waals surface area contributed by atoms with Crippen molar-refractivity contribution >= 4 is 29.2 Å². The van der Waals surface area contributed by atoms with Gasteiger partial charge in [-0.3, -0.25) is 33.5 Å². The molecule has 0 saturated heterocycles. The standard InChI is InChI=1S/C23H32N3O18P3/c1-23(2,3)20(15-8-14(38-4)6-7-16(15)26(30)31)40-11-13-10-25(22(29)24-21(13)28)19-9-17(27)18(42-19)12-41-46(35,36)44-47(37,39-5)43-45(32,33)34/h6-8,10,19-20,27H,9,11-12H2,1-5H3,(H,35,36)(H,24,28,29)(H2,32,33,34)/t19?,20-,47?/m1/s1. The number of benzene rings is 1. The molecule has 0 fully saturated rings. The van der Waals surface area contributed by atoms with Gasteiger partial charge in [0.1, 0.15) is 18.1 Å². The van der Waals surface area contributed by atoms with Crippen LogP contribution in [0.25, 0.3) is 0 Å². The number of hydrogen-bond acceptors (Lipinski definition) is 15. The van der Waals surface area contributed by atoms with E-state index in [-0.39, 0.29) is 16.8 Å². The van der Waals surface area contributed by atoms with Gasteiger partial charge < -0.3 is 34.0 Å². The van der Waals surface area contributed by atoms with Gasteiger partial charge in [-0.25, -0.2) is 18.5 Å². The molecule has 1 aliphatic rings. The molecule has 2 aromatic rings. The van der Waals surface area contributed by atoms with Crippen molar-refractivity contribution in [3.8, 4) is 5.75 Å². The van der Waals surface area contributed by atoms with E-state index in [0.717, 1.165) is 10.8 Å². The van der Waals surface area contributed by atoms with Crippen molar-refractivity contribution in [3.63, 3.8) is 0 Å². The summed E-state index contributed by atoms with van der Waals surface area (Å²) >= 11 is 0. The largest absolute Gasteiger partial charge is 0.508 e. The lowest BCUT2D eigenvalue weighted by Crippen LogP contribution is -2.34. The summed E-state index contributed by atoms with van der Waals surface area (Å²) in [5.41, 5.74) is -2.78. The number of aliphatic hydroxyl groups is 1. The van der Waals surface area contributed by atoms with Gasteiger partial charge in [0.05, 0.1) is 42.3 Å². The van der Waals surface area contributed by atoms with Gasteiger partial charge in [-0.05, 0) is 17.5 Å². The van der Waals surface area contributed by atoms with E-state index in [1.165, 1.54) is 25.3 Å². The predicted molar refractivity (Wildman–Crippen MR) is 157 cm³/mol. The molecule has 262 valence electrons. The highest BCUT2D eigenvalue weighted by Gasteiger charge is 2.43. The molecule has 3 unspecified atom stereocenters. The Morgan fingerprint density at radius 3 is 2.34 bits per heavy atom. The number of aromatic nitrogens is 2. The highest BCUT2D eigenvalue weighted by atomic mass is 31.3. The normalized spacial score (nSPS) is 18.7. The summed E-state index contributed by atoms with van der Waals surface area (Å²) < 4.78 is 69.5. The molecular formula is C23H32N3O18P3. The van der Waals surface area contributed by atoms with E-state index < -0.39 is 88.5 Å². The number of methoxy groups -OCH3 is 1. The van der Waals surface area contributed by atoms with Crippen LogP contribution in [0.2, 0.25) is 0 Å². The monoisotopic (exact) mass is 731 g/mol. The Bertz CT molecular complexity index is 1790. The van der Waals surface area contributed by atoms with Crippen LogP contribution in [0.15, 0.2) is 45.5 Å². The fourth-order valence-corrected chi connectivity index (χ4v) is 7.63. The number of nitrogens with zero attached hydrogens (tertiary/aromatic N) is 2. The van der Waals surface area contributed by atoms with Gasteiger partial charge in [0.15, 0.2) is 12.0 Å². The van der Waals surface area contributed by atoms with Crippen LogP contribution < -0.4 is 16.0 Å². The number of aromatic amines is 1. The molecule has 47 heavy (non-hydrogen) atoms. The summed E-state index contributed by atoms with van der Waals surface area (Å²) in [7, 11) is -14.3. The molecule has 0 saturated carbocycles. The smallest absolute Gasteiger partial charge is 0.492 e. The number of nitro groups is 1. The Kier molecular flexibility index (Phi) is 11.8. The van der Waals surface area contributed by atoms with Gasteiger partial charge in [-0.2, -0.15) is 8.62 Å². The maximum atomic E-state index is 12.7. The van der Waals surface area contributed by atoms with E-state index in [2.05, 4.69) is 22.7 Å². The topological polar surface area (TPSA) is 295 Å². The van der Waals surface area contributed by atoms with Crippen molar-refractivity contribution in [1.29, 1.82) is 0 Å². The quantitative estimate of drug-likeness (QED) is 0.0995. The van der Waals surface area contributed by atoms with E-state index in [1.54, 1.807) is 20.8 Å². The molecule has 3 rings (SSSR count). The molecule has 2 heterocycles. The van der Waals surface area contributed by atoms with Crippen LogP contribution in [-0.4, -0.2) is 55.1 Å². The zero-order valence-electron chi connectivity index (χ0n) is 25.3. The maximum Gasteiger partial charge on any atom is 0.492 e. The number of H-pyrrole nitrogens is 1. The summed E-state index contributed by atoms with van der Waals surface area (Å²) in [6, 6.07) is 4.12. The van der Waals surface area contributed by atoms with Gasteiger partial charge in [-0.1, -0.05) is 20.8 Å². The molecule has 1 aromatic carbocycles. The second kappa shape index (κ2) is 14.5. The van der Waals surface area contributed by atoms with Crippen LogP contribution in [0.3, 0.4) is 0 Å². The van der Waals surface area contributed by atoms with Gasteiger partial charge in [0.25, 0.3) is 11.2 Å². The molecule has 5 N–H and O–H groups in total. The molecule has 24 heteroatoms. The third-order valence-corrected chi connectivity index (χ3v) is 10.4. The summed E-state index contributed by atoms with van der Waals surface area (Å²) in [5.74, 6) is -0.762. The van der Waals surface area contributed by atoms with Crippen LogP contribution in [0, 0.1) is 15.5 Å². The van der Waals surface area contributed by atoms with Crippen molar-refractivity contribution in [1.82, 2.24) is 9.55 Å². The molecule has 0 spiro atoms. The molecule has 0 amide bonds. The minimum absolute atomic E-state index is 0.120. The molecule has 0 radical (unpaired) electrons. The van der Waals surface area contributed by atoms with E-state index in [0.29, 0.717) is 12.9 Å². The first kappa shape index (κ1) is 38.3. The van der Waals surface area contributed by atoms with Crippen molar-refractivity contribution in [2.24, 2.45) is 5.41 Å². The van der Waals surface area contributed by atoms with Crippen molar-refractivity contribution < 1.29 is 70.3 Å². The van der Waals surface area contributed by atoms with Gasteiger partial charge >= 0.3 is 29.2 Å². The van der Waals surface area contributed by atoms with E-state index in [4.69, 9.17) is 24.0 Å². The molecule has 21 nitrogen and oxygen atoms in total. The van der Waals surface area contributed by atoms with E-state index >= 15 is 0 Å². The van der Waals surface area contributed by atoms with Crippen molar-refractivity contribution in [2.75, 3.05) is 20.8 Å². The molecule has 1 aliphatic heterocycles.